The molecule has 0 N–H and O–H groups in total. The van der Waals surface area contributed by atoms with Crippen molar-refractivity contribution in [2.24, 2.45) is 4.99 Å². The van der Waals surface area contributed by atoms with Gasteiger partial charge in [0.15, 0.2) is 0 Å². The highest BCUT2D eigenvalue weighted by Crippen LogP contribution is 2.29. The molecule has 0 radical (unpaired) electrons. The van der Waals surface area contributed by atoms with Gasteiger partial charge in [-0.2, -0.15) is 0 Å². The zero-order valence-electron chi connectivity index (χ0n) is 17.0. The van der Waals surface area contributed by atoms with E-state index in [1.807, 2.05) is 0 Å². The Hall–Kier alpha value is -2.46. The summed E-state index contributed by atoms with van der Waals surface area (Å²) in [6.45, 7) is -0.764. The number of hydrogen-bond acceptors (Lipinski definition) is 2. The summed E-state index contributed by atoms with van der Waals surface area (Å²) in [4.78, 5) is 8.17. The van der Waals surface area contributed by atoms with Gasteiger partial charge >= 0.3 is 0 Å². The molecular weight excluding hydrogens is 313 g/mol. The van der Waals surface area contributed by atoms with Crippen LogP contribution in [0.5, 0.6) is 0 Å². The Bertz CT molecular complexity index is 1170. The van der Waals surface area contributed by atoms with Crippen molar-refractivity contribution < 1.29 is 11.2 Å². The predicted molar refractivity (Wildman–Crippen MR) is 89.1 cm³/mol. The molecule has 2 heterocycles. The van der Waals surface area contributed by atoms with Crippen molar-refractivity contribution >= 4 is 17.3 Å². The fraction of sp³-hybridized carbons (Fsp3) is 0.111. The third-order valence-electron chi connectivity index (χ3n) is 3.60. The van der Waals surface area contributed by atoms with Crippen LogP contribution in [0.2, 0.25) is 5.02 Å². The number of hydrogen-bond donors (Lipinski definition) is 0. The average Bonchev–Trinajstić information content (AvgIpc) is 2.85. The van der Waals surface area contributed by atoms with Crippen LogP contribution in [0.25, 0.3) is 5.69 Å². The van der Waals surface area contributed by atoms with Gasteiger partial charge in [0.1, 0.15) is 11.6 Å². The lowest BCUT2D eigenvalue weighted by molar-refractivity contribution is 0.625. The summed E-state index contributed by atoms with van der Waals surface area (Å²) >= 11 is 6.15. The van der Waals surface area contributed by atoms with E-state index in [0.29, 0.717) is 22.1 Å². The molecule has 0 fully saturated rings. The summed E-state index contributed by atoms with van der Waals surface area (Å²) < 4.78 is 56.8. The van der Waals surface area contributed by atoms with E-state index in [1.54, 1.807) is 19.1 Å². The van der Waals surface area contributed by atoms with E-state index in [1.165, 1.54) is 16.7 Å². The second kappa shape index (κ2) is 5.32. The van der Waals surface area contributed by atoms with Gasteiger partial charge in [-0.15, -0.1) is 0 Å². The first-order chi connectivity index (χ1) is 13.1. The number of nitrogens with zero attached hydrogens (tertiary/aromatic N) is 3. The Balaban J connectivity index is 2.15. The van der Waals surface area contributed by atoms with Crippen molar-refractivity contribution in [2.75, 3.05) is 0 Å². The molecule has 3 aromatic rings. The number of rotatable bonds is 1. The Labute approximate surface area is 145 Å². The standard InChI is InChI=1S/C18H13ClFN3/c1-11-21-9-13-10-22-18(14-4-2-3-5-16(14)20)15-8-12(19)6-7-17(15)23(11)13/h2-9H,10H2,1H3/i2D,5D,9D,10D2. The first-order valence-corrected chi connectivity index (χ1v) is 7.21. The van der Waals surface area contributed by atoms with Gasteiger partial charge in [0.25, 0.3) is 0 Å². The number of benzene rings is 2. The maximum Gasteiger partial charge on any atom is 0.132 e. The molecule has 1 aromatic heterocycles. The molecule has 1 aliphatic heterocycles. The Kier molecular flexibility index (Phi) is 2.23. The van der Waals surface area contributed by atoms with Gasteiger partial charge in [-0.05, 0) is 37.2 Å². The Morgan fingerprint density at radius 1 is 1.35 bits per heavy atom. The fourth-order valence-electron chi connectivity index (χ4n) is 2.58. The van der Waals surface area contributed by atoms with Crippen LogP contribution >= 0.6 is 11.6 Å². The maximum atomic E-state index is 14.8. The van der Waals surface area contributed by atoms with Gasteiger partial charge in [-0.1, -0.05) is 23.7 Å². The average molecular weight is 331 g/mol. The summed E-state index contributed by atoms with van der Waals surface area (Å²) in [5.74, 6) is -0.538. The predicted octanol–water partition coefficient (Wildman–Crippen LogP) is 4.32. The normalized spacial score (nSPS) is 18.4. The highest BCUT2D eigenvalue weighted by molar-refractivity contribution is 6.31. The van der Waals surface area contributed by atoms with Gasteiger partial charge in [0.05, 0.1) is 36.6 Å². The SMILES string of the molecule is [2H]c1cc([2H])c(F)c(C2=NC([2H])([2H])c3c([2H])nc(C)n3-c3ccc(Cl)cc32)c1. The monoisotopic (exact) mass is 330 g/mol. The van der Waals surface area contributed by atoms with Crippen LogP contribution in [0.3, 0.4) is 0 Å². The van der Waals surface area contributed by atoms with Gasteiger partial charge in [0.2, 0.25) is 0 Å². The van der Waals surface area contributed by atoms with Gasteiger partial charge in [-0.25, -0.2) is 9.37 Å². The molecular formula is C18H13ClFN3. The minimum atomic E-state index is -2.40. The first-order valence-electron chi connectivity index (χ1n) is 9.34. The molecule has 0 saturated carbocycles. The van der Waals surface area contributed by atoms with Gasteiger partial charge in [0, 0.05) is 16.1 Å². The fourth-order valence-corrected chi connectivity index (χ4v) is 2.75. The Morgan fingerprint density at radius 2 is 2.22 bits per heavy atom. The highest BCUT2D eigenvalue weighted by atomic mass is 35.5. The topological polar surface area (TPSA) is 30.2 Å². The molecule has 0 amide bonds. The van der Waals surface area contributed by atoms with E-state index >= 15 is 0 Å². The van der Waals surface area contributed by atoms with Crippen molar-refractivity contribution in [2.45, 2.75) is 13.4 Å². The molecule has 0 unspecified atom stereocenters. The van der Waals surface area contributed by atoms with Gasteiger partial charge < -0.3 is 0 Å². The third kappa shape index (κ3) is 2.26. The minimum Gasteiger partial charge on any atom is -0.298 e. The van der Waals surface area contributed by atoms with Crippen molar-refractivity contribution in [3.05, 3.63) is 82.1 Å². The molecule has 0 atom stereocenters. The Morgan fingerprint density at radius 3 is 3.09 bits per heavy atom. The third-order valence-corrected chi connectivity index (χ3v) is 3.84. The van der Waals surface area contributed by atoms with Crippen LogP contribution in [0, 0.1) is 12.7 Å². The van der Waals surface area contributed by atoms with E-state index in [2.05, 4.69) is 9.98 Å². The van der Waals surface area contributed by atoms with E-state index in [-0.39, 0.29) is 29.2 Å². The number of aromatic nitrogens is 2. The van der Waals surface area contributed by atoms with E-state index < -0.39 is 18.4 Å². The molecule has 0 spiro atoms. The number of aryl methyl sites for hydroxylation is 1. The van der Waals surface area contributed by atoms with Crippen LogP contribution < -0.4 is 0 Å². The van der Waals surface area contributed by atoms with E-state index in [4.69, 9.17) is 18.5 Å². The second-order valence-electron chi connectivity index (χ2n) is 5.02. The lowest BCUT2D eigenvalue weighted by Gasteiger charge is -2.14. The van der Waals surface area contributed by atoms with Crippen LogP contribution in [-0.2, 0) is 6.50 Å². The molecule has 0 saturated heterocycles. The van der Waals surface area contributed by atoms with Crippen molar-refractivity contribution in [3.63, 3.8) is 0 Å². The smallest absolute Gasteiger partial charge is 0.132 e. The molecule has 2 aromatic carbocycles. The van der Waals surface area contributed by atoms with Crippen LogP contribution in [0.4, 0.5) is 4.39 Å². The van der Waals surface area contributed by atoms with E-state index in [9.17, 15) is 4.39 Å². The van der Waals surface area contributed by atoms with Crippen LogP contribution in [-0.4, -0.2) is 15.3 Å². The number of aliphatic imine (C=N–C) groups is 1. The number of fused-ring (bicyclic) bond motifs is 3. The largest absolute Gasteiger partial charge is 0.298 e. The molecule has 1 aliphatic rings. The summed E-state index contributed by atoms with van der Waals surface area (Å²) in [5.41, 5.74) is 0.416. The zero-order chi connectivity index (χ0) is 20.4. The van der Waals surface area contributed by atoms with Crippen molar-refractivity contribution in [1.29, 1.82) is 0 Å². The summed E-state index contributed by atoms with van der Waals surface area (Å²) in [6, 6.07) is 6.40. The maximum absolute atomic E-state index is 14.8. The van der Waals surface area contributed by atoms with Crippen molar-refractivity contribution in [1.82, 2.24) is 9.55 Å². The number of imidazole rings is 1. The number of halogens is 2. The van der Waals surface area contributed by atoms with Gasteiger partial charge in [-0.3, -0.25) is 9.56 Å². The minimum absolute atomic E-state index is 0.0786. The molecule has 114 valence electrons. The summed E-state index contributed by atoms with van der Waals surface area (Å²) in [6.07, 6.45) is -0.274. The molecule has 4 rings (SSSR count). The molecule has 5 heteroatoms. The first kappa shape index (κ1) is 9.63. The summed E-state index contributed by atoms with van der Waals surface area (Å²) in [7, 11) is 0. The van der Waals surface area contributed by atoms with E-state index in [0.717, 1.165) is 6.07 Å². The molecule has 23 heavy (non-hydrogen) atoms. The lowest BCUT2D eigenvalue weighted by Crippen LogP contribution is -2.09. The quantitative estimate of drug-likeness (QED) is 0.653. The lowest BCUT2D eigenvalue weighted by atomic mass is 10.00. The molecule has 0 bridgehead atoms. The second-order valence-corrected chi connectivity index (χ2v) is 5.45. The van der Waals surface area contributed by atoms with Crippen LogP contribution in [0.15, 0.2) is 53.6 Å². The van der Waals surface area contributed by atoms with Crippen molar-refractivity contribution in [3.8, 4) is 5.69 Å². The molecule has 3 nitrogen and oxygen atoms in total. The zero-order valence-corrected chi connectivity index (χ0v) is 12.7. The van der Waals surface area contributed by atoms with Crippen LogP contribution in [0.1, 0.15) is 29.5 Å². The summed E-state index contributed by atoms with van der Waals surface area (Å²) in [5, 5.41) is 0.327. The molecule has 0 aliphatic carbocycles. The highest BCUT2D eigenvalue weighted by Gasteiger charge is 2.22.